The molecule has 3 aromatic rings. The molecule has 0 unspecified atom stereocenters. The van der Waals surface area contributed by atoms with Gasteiger partial charge in [-0.25, -0.2) is 9.97 Å². The summed E-state index contributed by atoms with van der Waals surface area (Å²) in [4.78, 5) is 20.8. The van der Waals surface area contributed by atoms with E-state index in [2.05, 4.69) is 15.0 Å². The minimum atomic E-state index is -4.41. The maximum atomic E-state index is 12.5. The number of nitro groups is 1. The number of halogens is 3. The lowest BCUT2D eigenvalue weighted by molar-refractivity contribution is -0.385. The molecule has 0 fully saturated rings. The number of imidazole rings is 1. The molecule has 1 N–H and O–H groups in total. The number of nitrogens with one attached hydrogen (secondary N) is 1. The molecule has 1 aromatic carbocycles. The molecule has 2 aromatic heterocycles. The van der Waals surface area contributed by atoms with E-state index in [1.807, 2.05) is 0 Å². The molecule has 0 saturated carbocycles. The van der Waals surface area contributed by atoms with Crippen molar-refractivity contribution in [2.45, 2.75) is 6.18 Å². The molecule has 0 bridgehead atoms. The first-order chi connectivity index (χ1) is 10.3. The lowest BCUT2D eigenvalue weighted by atomic mass is 10.1. The van der Waals surface area contributed by atoms with Crippen LogP contribution in [0, 0.1) is 10.1 Å². The molecule has 22 heavy (non-hydrogen) atoms. The highest BCUT2D eigenvalue weighted by atomic mass is 19.4. The van der Waals surface area contributed by atoms with E-state index in [0.29, 0.717) is 11.1 Å². The van der Waals surface area contributed by atoms with Crippen LogP contribution in [0.1, 0.15) is 5.56 Å². The smallest absolute Gasteiger partial charge is 0.336 e. The van der Waals surface area contributed by atoms with E-state index in [9.17, 15) is 23.3 Å². The van der Waals surface area contributed by atoms with Gasteiger partial charge in [-0.05, 0) is 12.1 Å². The van der Waals surface area contributed by atoms with Crippen LogP contribution in [0.15, 0.2) is 36.5 Å². The fourth-order valence-corrected chi connectivity index (χ4v) is 1.94. The second-order valence-corrected chi connectivity index (χ2v) is 4.48. The number of hydrogen-bond acceptors (Lipinski definition) is 4. The van der Waals surface area contributed by atoms with Crippen molar-refractivity contribution in [2.24, 2.45) is 0 Å². The van der Waals surface area contributed by atoms with Gasteiger partial charge in [0.1, 0.15) is 12.0 Å². The van der Waals surface area contributed by atoms with Gasteiger partial charge in [0, 0.05) is 11.6 Å². The van der Waals surface area contributed by atoms with Crippen molar-refractivity contribution in [1.29, 1.82) is 0 Å². The lowest BCUT2D eigenvalue weighted by Gasteiger charge is -2.06. The SMILES string of the molecule is O=[N+]([O-])c1cnc2nc(-c3ccc(C(F)(F)F)cc3)[nH]c2c1. The van der Waals surface area contributed by atoms with Crippen LogP contribution in [0.2, 0.25) is 0 Å². The van der Waals surface area contributed by atoms with Gasteiger partial charge >= 0.3 is 6.18 Å². The average molecular weight is 308 g/mol. The Morgan fingerprint density at radius 2 is 1.86 bits per heavy atom. The second kappa shape index (κ2) is 4.79. The molecule has 0 atom stereocenters. The van der Waals surface area contributed by atoms with E-state index in [1.165, 1.54) is 18.2 Å². The van der Waals surface area contributed by atoms with Gasteiger partial charge in [0.05, 0.1) is 16.0 Å². The molecule has 0 aliphatic rings. The highest BCUT2D eigenvalue weighted by molar-refractivity contribution is 5.77. The van der Waals surface area contributed by atoms with E-state index in [1.54, 1.807) is 0 Å². The summed E-state index contributed by atoms with van der Waals surface area (Å²) in [6.45, 7) is 0. The number of H-pyrrole nitrogens is 1. The van der Waals surface area contributed by atoms with Gasteiger partial charge in [0.25, 0.3) is 5.69 Å². The summed E-state index contributed by atoms with van der Waals surface area (Å²) >= 11 is 0. The molecule has 2 heterocycles. The molecule has 0 aliphatic heterocycles. The van der Waals surface area contributed by atoms with Crippen molar-refractivity contribution in [3.05, 3.63) is 52.2 Å². The Hall–Kier alpha value is -2.97. The number of aromatic nitrogens is 3. The van der Waals surface area contributed by atoms with Crippen LogP contribution in [-0.4, -0.2) is 19.9 Å². The Morgan fingerprint density at radius 3 is 2.45 bits per heavy atom. The third kappa shape index (κ3) is 2.48. The first-order valence-electron chi connectivity index (χ1n) is 6.02. The van der Waals surface area contributed by atoms with Crippen molar-refractivity contribution in [2.75, 3.05) is 0 Å². The van der Waals surface area contributed by atoms with E-state index >= 15 is 0 Å². The van der Waals surface area contributed by atoms with Gasteiger partial charge in [-0.2, -0.15) is 13.2 Å². The van der Waals surface area contributed by atoms with Crippen LogP contribution in [0.4, 0.5) is 18.9 Å². The molecule has 9 heteroatoms. The molecule has 112 valence electrons. The largest absolute Gasteiger partial charge is 0.416 e. The number of rotatable bonds is 2. The number of hydrogen-bond donors (Lipinski definition) is 1. The molecule has 6 nitrogen and oxygen atoms in total. The summed E-state index contributed by atoms with van der Waals surface area (Å²) in [6.07, 6.45) is -3.34. The number of pyridine rings is 1. The number of nitrogens with zero attached hydrogens (tertiary/aromatic N) is 3. The standard InChI is InChI=1S/C13H7F3N4O2/c14-13(15,16)8-3-1-7(2-4-8)11-18-10-5-9(20(21)22)6-17-12(10)19-11/h1-6H,(H,17,18,19). The van der Waals surface area contributed by atoms with Crippen LogP contribution in [-0.2, 0) is 6.18 Å². The Labute approximate surface area is 120 Å². The van der Waals surface area contributed by atoms with Crippen LogP contribution in [0.5, 0.6) is 0 Å². The average Bonchev–Trinajstić information content (AvgIpc) is 2.89. The highest BCUT2D eigenvalue weighted by Crippen LogP contribution is 2.30. The number of alkyl halides is 3. The van der Waals surface area contributed by atoms with Crippen molar-refractivity contribution in [3.8, 4) is 11.4 Å². The minimum absolute atomic E-state index is 0.199. The third-order valence-corrected chi connectivity index (χ3v) is 3.02. The first kappa shape index (κ1) is 14.0. The Morgan fingerprint density at radius 1 is 1.18 bits per heavy atom. The molecule has 0 aliphatic carbocycles. The summed E-state index contributed by atoms with van der Waals surface area (Å²) in [7, 11) is 0. The van der Waals surface area contributed by atoms with Gasteiger partial charge in [-0.3, -0.25) is 10.1 Å². The Bertz CT molecular complexity index is 856. The van der Waals surface area contributed by atoms with Crippen molar-refractivity contribution in [3.63, 3.8) is 0 Å². The van der Waals surface area contributed by atoms with Gasteiger partial charge in [-0.15, -0.1) is 0 Å². The Kier molecular flexibility index (Phi) is 3.05. The van der Waals surface area contributed by atoms with E-state index in [4.69, 9.17) is 0 Å². The van der Waals surface area contributed by atoms with E-state index < -0.39 is 16.7 Å². The summed E-state index contributed by atoms with van der Waals surface area (Å²) in [5, 5.41) is 10.7. The van der Waals surface area contributed by atoms with Gasteiger partial charge < -0.3 is 4.98 Å². The minimum Gasteiger partial charge on any atom is -0.336 e. The number of aromatic amines is 1. The predicted molar refractivity (Wildman–Crippen MR) is 71.0 cm³/mol. The van der Waals surface area contributed by atoms with Gasteiger partial charge in [0.2, 0.25) is 0 Å². The molecule has 0 amide bonds. The molecular weight excluding hydrogens is 301 g/mol. The highest BCUT2D eigenvalue weighted by Gasteiger charge is 2.30. The maximum Gasteiger partial charge on any atom is 0.416 e. The van der Waals surface area contributed by atoms with Crippen LogP contribution < -0.4 is 0 Å². The van der Waals surface area contributed by atoms with Gasteiger partial charge in [0.15, 0.2) is 5.65 Å². The maximum absolute atomic E-state index is 12.5. The monoisotopic (exact) mass is 308 g/mol. The zero-order valence-electron chi connectivity index (χ0n) is 10.8. The number of fused-ring (bicyclic) bond motifs is 1. The van der Waals surface area contributed by atoms with Crippen LogP contribution >= 0.6 is 0 Å². The van der Waals surface area contributed by atoms with E-state index in [0.717, 1.165) is 18.3 Å². The molecule has 0 saturated heterocycles. The number of benzene rings is 1. The molecule has 3 rings (SSSR count). The first-order valence-corrected chi connectivity index (χ1v) is 6.02. The zero-order chi connectivity index (χ0) is 15.9. The normalized spacial score (nSPS) is 11.8. The summed E-state index contributed by atoms with van der Waals surface area (Å²) < 4.78 is 37.5. The van der Waals surface area contributed by atoms with Crippen LogP contribution in [0.25, 0.3) is 22.6 Å². The lowest BCUT2D eigenvalue weighted by Crippen LogP contribution is -2.04. The fraction of sp³-hybridized carbons (Fsp3) is 0.0769. The quantitative estimate of drug-likeness (QED) is 0.579. The third-order valence-electron chi connectivity index (χ3n) is 3.02. The van der Waals surface area contributed by atoms with E-state index in [-0.39, 0.29) is 17.2 Å². The molecule has 0 radical (unpaired) electrons. The second-order valence-electron chi connectivity index (χ2n) is 4.48. The van der Waals surface area contributed by atoms with Crippen LogP contribution in [0.3, 0.4) is 0 Å². The predicted octanol–water partition coefficient (Wildman–Crippen LogP) is 3.55. The molecular formula is C13H7F3N4O2. The summed E-state index contributed by atoms with van der Waals surface area (Å²) in [6, 6.07) is 5.70. The van der Waals surface area contributed by atoms with Crippen molar-refractivity contribution < 1.29 is 18.1 Å². The zero-order valence-corrected chi connectivity index (χ0v) is 10.8. The molecule has 0 spiro atoms. The van der Waals surface area contributed by atoms with Crippen molar-refractivity contribution >= 4 is 16.9 Å². The summed E-state index contributed by atoms with van der Waals surface area (Å²) in [5.74, 6) is 0.289. The topological polar surface area (TPSA) is 84.7 Å². The summed E-state index contributed by atoms with van der Waals surface area (Å²) in [5.41, 5.74) is 0.0505. The van der Waals surface area contributed by atoms with Crippen molar-refractivity contribution in [1.82, 2.24) is 15.0 Å². The fourth-order valence-electron chi connectivity index (χ4n) is 1.94. The Balaban J connectivity index is 2.01. The van der Waals surface area contributed by atoms with Gasteiger partial charge in [-0.1, -0.05) is 12.1 Å².